The molecular weight excluding hydrogens is 351 g/mol. The fourth-order valence-corrected chi connectivity index (χ4v) is 4.51. The lowest BCUT2D eigenvalue weighted by molar-refractivity contribution is 0.454. The monoisotopic (exact) mass is 366 g/mol. The minimum absolute atomic E-state index is 0.0185. The van der Waals surface area contributed by atoms with Crippen molar-refractivity contribution in [2.75, 3.05) is 5.75 Å². The molecule has 2 unspecified atom stereocenters. The molecule has 0 fully saturated rings. The van der Waals surface area contributed by atoms with Gasteiger partial charge in [-0.3, -0.25) is 11.3 Å². The number of nitrogens with two attached hydrogens (primary N) is 1. The fraction of sp³-hybridized carbons (Fsp3) is 0.250. The Morgan fingerprint density at radius 3 is 2.95 bits per heavy atom. The van der Waals surface area contributed by atoms with E-state index in [1.807, 2.05) is 30.0 Å². The number of thioether (sulfide) groups is 1. The minimum atomic E-state index is -0.183. The van der Waals surface area contributed by atoms with E-state index in [1.165, 1.54) is 16.5 Å². The van der Waals surface area contributed by atoms with E-state index in [2.05, 4.69) is 33.5 Å². The summed E-state index contributed by atoms with van der Waals surface area (Å²) >= 11 is 5.23. The summed E-state index contributed by atoms with van der Waals surface area (Å²) in [6, 6.07) is 13.4. The molecule has 3 rings (SSSR count). The lowest BCUT2D eigenvalue weighted by atomic mass is 9.89. The summed E-state index contributed by atoms with van der Waals surface area (Å²) in [6.07, 6.45) is 0.571. The number of hydrogen-bond acceptors (Lipinski definition) is 3. The maximum Gasteiger partial charge on any atom is 0.126 e. The lowest BCUT2D eigenvalue weighted by Gasteiger charge is -2.23. The first-order valence-corrected chi connectivity index (χ1v) is 8.58. The van der Waals surface area contributed by atoms with Gasteiger partial charge >= 0.3 is 0 Å². The Morgan fingerprint density at radius 1 is 1.33 bits per heavy atom. The molecule has 2 atom stereocenters. The molecule has 0 bridgehead atoms. The number of hydrogen-bond donors (Lipinski definition) is 2. The predicted molar refractivity (Wildman–Crippen MR) is 88.8 cm³/mol. The Balaban J connectivity index is 1.85. The van der Waals surface area contributed by atoms with E-state index in [9.17, 15) is 4.39 Å². The molecule has 1 heterocycles. The van der Waals surface area contributed by atoms with Gasteiger partial charge in [-0.2, -0.15) is 0 Å². The smallest absolute Gasteiger partial charge is 0.126 e. The van der Waals surface area contributed by atoms with E-state index in [0.29, 0.717) is 17.9 Å². The molecule has 0 saturated carbocycles. The summed E-state index contributed by atoms with van der Waals surface area (Å²) in [6.45, 7) is 0. The highest BCUT2D eigenvalue weighted by atomic mass is 79.9. The molecular formula is C16H16BrFN2S. The Morgan fingerprint density at radius 2 is 2.14 bits per heavy atom. The number of nitrogens with one attached hydrogen (secondary N) is 1. The molecule has 0 radical (unpaired) electrons. The van der Waals surface area contributed by atoms with Crippen LogP contribution in [-0.2, 0) is 6.42 Å². The molecule has 2 aromatic rings. The average Bonchev–Trinajstić information content (AvgIpc) is 2.92. The van der Waals surface area contributed by atoms with Crippen molar-refractivity contribution in [3.05, 3.63) is 63.9 Å². The second kappa shape index (κ2) is 6.48. The summed E-state index contributed by atoms with van der Waals surface area (Å²) < 4.78 is 14.8. The molecule has 0 aromatic heterocycles. The molecule has 2 aromatic carbocycles. The first-order valence-electron chi connectivity index (χ1n) is 6.81. The van der Waals surface area contributed by atoms with Crippen LogP contribution < -0.4 is 11.3 Å². The zero-order chi connectivity index (χ0) is 14.8. The van der Waals surface area contributed by atoms with Crippen LogP contribution in [0, 0.1) is 5.82 Å². The van der Waals surface area contributed by atoms with Crippen LogP contribution in [-0.4, -0.2) is 11.8 Å². The van der Waals surface area contributed by atoms with Gasteiger partial charge in [0.05, 0.1) is 0 Å². The second-order valence-corrected chi connectivity index (χ2v) is 7.15. The van der Waals surface area contributed by atoms with Crippen molar-refractivity contribution >= 4 is 27.7 Å². The first kappa shape index (κ1) is 15.0. The second-order valence-electron chi connectivity index (χ2n) is 5.17. The van der Waals surface area contributed by atoms with E-state index in [1.54, 1.807) is 6.07 Å². The van der Waals surface area contributed by atoms with Gasteiger partial charge in [0.2, 0.25) is 0 Å². The van der Waals surface area contributed by atoms with Gasteiger partial charge in [0.15, 0.2) is 0 Å². The van der Waals surface area contributed by atoms with E-state index < -0.39 is 0 Å². The highest BCUT2D eigenvalue weighted by molar-refractivity contribution is 9.10. The Labute approximate surface area is 136 Å². The van der Waals surface area contributed by atoms with E-state index >= 15 is 0 Å². The van der Waals surface area contributed by atoms with E-state index in [-0.39, 0.29) is 11.9 Å². The predicted octanol–water partition coefficient (Wildman–Crippen LogP) is 3.85. The van der Waals surface area contributed by atoms with Crippen LogP contribution in [0.5, 0.6) is 0 Å². The lowest BCUT2D eigenvalue weighted by Crippen LogP contribution is -2.41. The summed E-state index contributed by atoms with van der Waals surface area (Å²) in [7, 11) is 0. The zero-order valence-corrected chi connectivity index (χ0v) is 13.8. The van der Waals surface area contributed by atoms with Gasteiger partial charge in [-0.25, -0.2) is 4.39 Å². The van der Waals surface area contributed by atoms with Crippen LogP contribution in [0.1, 0.15) is 17.0 Å². The largest absolute Gasteiger partial charge is 0.271 e. The molecule has 2 nitrogen and oxygen atoms in total. The van der Waals surface area contributed by atoms with Crippen molar-refractivity contribution in [2.45, 2.75) is 23.3 Å². The molecule has 0 aliphatic carbocycles. The van der Waals surface area contributed by atoms with Crippen molar-refractivity contribution in [2.24, 2.45) is 5.84 Å². The number of halogens is 2. The molecule has 3 N–H and O–H groups in total. The maximum atomic E-state index is 14.0. The highest BCUT2D eigenvalue weighted by Crippen LogP contribution is 2.41. The van der Waals surface area contributed by atoms with Gasteiger partial charge in [-0.15, -0.1) is 11.8 Å². The van der Waals surface area contributed by atoms with Crippen LogP contribution in [0.3, 0.4) is 0 Å². The van der Waals surface area contributed by atoms with Crippen molar-refractivity contribution in [3.63, 3.8) is 0 Å². The molecule has 0 saturated heterocycles. The van der Waals surface area contributed by atoms with Gasteiger partial charge in [-0.1, -0.05) is 34.1 Å². The molecule has 1 aliphatic heterocycles. The summed E-state index contributed by atoms with van der Waals surface area (Å²) in [4.78, 5) is 1.30. The maximum absolute atomic E-state index is 14.0. The average molecular weight is 367 g/mol. The normalized spacial score (nSPS) is 18.5. The van der Waals surface area contributed by atoms with Gasteiger partial charge in [0, 0.05) is 27.1 Å². The third-order valence-corrected chi connectivity index (χ3v) is 5.59. The third kappa shape index (κ3) is 3.16. The van der Waals surface area contributed by atoms with Gasteiger partial charge in [0.1, 0.15) is 5.82 Å². The fourth-order valence-electron chi connectivity index (χ4n) is 2.77. The van der Waals surface area contributed by atoms with Crippen LogP contribution in [0.25, 0.3) is 0 Å². The Bertz CT molecular complexity index is 650. The third-order valence-electron chi connectivity index (χ3n) is 3.88. The molecule has 5 heteroatoms. The molecule has 0 amide bonds. The standard InChI is InChI=1S/C16H16BrFN2S/c17-11-5-6-14(18)10(7-11)8-15(20-19)13-9-21-16-4-2-1-3-12(13)16/h1-7,13,15,20H,8-9,19H2. The van der Waals surface area contributed by atoms with Crippen LogP contribution in [0.15, 0.2) is 51.8 Å². The minimum Gasteiger partial charge on any atom is -0.271 e. The molecule has 21 heavy (non-hydrogen) atoms. The number of fused-ring (bicyclic) bond motifs is 1. The van der Waals surface area contributed by atoms with Gasteiger partial charge in [0.25, 0.3) is 0 Å². The van der Waals surface area contributed by atoms with Crippen molar-refractivity contribution in [1.29, 1.82) is 0 Å². The molecule has 1 aliphatic rings. The van der Waals surface area contributed by atoms with Crippen molar-refractivity contribution in [1.82, 2.24) is 5.43 Å². The summed E-state index contributed by atoms with van der Waals surface area (Å²) in [5.74, 6) is 6.85. The van der Waals surface area contributed by atoms with E-state index in [0.717, 1.165) is 10.2 Å². The van der Waals surface area contributed by atoms with Gasteiger partial charge in [-0.05, 0) is 41.8 Å². The number of rotatable bonds is 4. The quantitative estimate of drug-likeness (QED) is 0.637. The van der Waals surface area contributed by atoms with Crippen LogP contribution in [0.4, 0.5) is 4.39 Å². The number of hydrazine groups is 1. The summed E-state index contributed by atoms with van der Waals surface area (Å²) in [5.41, 5.74) is 4.87. The van der Waals surface area contributed by atoms with Crippen LogP contribution >= 0.6 is 27.7 Å². The molecule has 0 spiro atoms. The first-order chi connectivity index (χ1) is 10.2. The number of benzene rings is 2. The van der Waals surface area contributed by atoms with E-state index in [4.69, 9.17) is 5.84 Å². The summed E-state index contributed by atoms with van der Waals surface area (Å²) in [5, 5.41) is 0. The van der Waals surface area contributed by atoms with Crippen LogP contribution in [0.2, 0.25) is 0 Å². The van der Waals surface area contributed by atoms with Crippen molar-refractivity contribution < 1.29 is 4.39 Å². The Kier molecular flexibility index (Phi) is 4.64. The molecule has 110 valence electrons. The highest BCUT2D eigenvalue weighted by Gasteiger charge is 2.30. The van der Waals surface area contributed by atoms with Gasteiger partial charge < -0.3 is 0 Å². The topological polar surface area (TPSA) is 38.0 Å². The SMILES string of the molecule is NNC(Cc1cc(Br)ccc1F)C1CSc2ccccc21. The zero-order valence-electron chi connectivity index (χ0n) is 11.4. The van der Waals surface area contributed by atoms with Crippen molar-refractivity contribution in [3.8, 4) is 0 Å². The Hall–Kier alpha value is -0.880.